The summed E-state index contributed by atoms with van der Waals surface area (Å²) in [6.45, 7) is 8.60. The van der Waals surface area contributed by atoms with Crippen LogP contribution in [-0.4, -0.2) is 114 Å². The molecule has 0 spiro atoms. The summed E-state index contributed by atoms with van der Waals surface area (Å²) in [5.41, 5.74) is -0.542. The van der Waals surface area contributed by atoms with Gasteiger partial charge in [-0.25, -0.2) is 9.59 Å². The summed E-state index contributed by atoms with van der Waals surface area (Å²) in [5.74, 6) is -3.31. The van der Waals surface area contributed by atoms with Crippen molar-refractivity contribution in [1.29, 1.82) is 0 Å². The molecule has 2 bridgehead atoms. The van der Waals surface area contributed by atoms with E-state index >= 15 is 0 Å². The Hall–Kier alpha value is -5.20. The van der Waals surface area contributed by atoms with Gasteiger partial charge in [0, 0.05) is 36.4 Å². The summed E-state index contributed by atoms with van der Waals surface area (Å²) in [5, 5.41) is 17.1. The van der Waals surface area contributed by atoms with Crippen molar-refractivity contribution in [2.24, 2.45) is 10.8 Å². The number of aliphatic hydroxyl groups is 1. The summed E-state index contributed by atoms with van der Waals surface area (Å²) >= 11 is 0. The van der Waals surface area contributed by atoms with Gasteiger partial charge >= 0.3 is 23.9 Å². The van der Waals surface area contributed by atoms with Gasteiger partial charge in [-0.1, -0.05) is 50.2 Å². The quantitative estimate of drug-likeness (QED) is 0.142. The first kappa shape index (κ1) is 42.9. The van der Waals surface area contributed by atoms with Crippen LogP contribution in [-0.2, 0) is 70.3 Å². The van der Waals surface area contributed by atoms with Crippen molar-refractivity contribution in [2.75, 3.05) is 20.0 Å². The number of esters is 4. The molecule has 2 amide bonds. The Balaban J connectivity index is 1.03. The second-order valence-corrected chi connectivity index (χ2v) is 17.5. The highest BCUT2D eigenvalue weighted by molar-refractivity contribution is 5.95. The van der Waals surface area contributed by atoms with Gasteiger partial charge < -0.3 is 44.2 Å². The third kappa shape index (κ3) is 8.95. The van der Waals surface area contributed by atoms with Crippen LogP contribution in [0, 0.1) is 10.8 Å². The average Bonchev–Trinajstić information content (AvgIpc) is 3.89. The van der Waals surface area contributed by atoms with E-state index in [1.807, 2.05) is 6.07 Å². The van der Waals surface area contributed by atoms with Crippen molar-refractivity contribution in [3.8, 4) is 0 Å². The highest BCUT2D eigenvalue weighted by Crippen LogP contribution is 2.55. The predicted molar refractivity (Wildman–Crippen MR) is 208 cm³/mol. The summed E-state index contributed by atoms with van der Waals surface area (Å²) in [7, 11) is 0. The zero-order valence-electron chi connectivity index (χ0n) is 34.2. The minimum Gasteiger partial charge on any atom is -0.462 e. The minimum atomic E-state index is -1.43. The van der Waals surface area contributed by atoms with Crippen molar-refractivity contribution in [3.63, 3.8) is 0 Å². The highest BCUT2D eigenvalue weighted by Gasteiger charge is 2.74. The number of rotatable bonds is 14. The molecule has 2 aromatic carbocycles. The molecule has 60 heavy (non-hydrogen) atoms. The molecule has 7 rings (SSSR count). The molecule has 2 aromatic rings. The molecule has 4 heterocycles. The van der Waals surface area contributed by atoms with E-state index in [1.165, 1.54) is 11.1 Å². The molecule has 0 radical (unpaired) electrons. The molecule has 322 valence electrons. The highest BCUT2D eigenvalue weighted by atomic mass is 16.8. The van der Waals surface area contributed by atoms with Crippen LogP contribution in [0.2, 0.25) is 0 Å². The summed E-state index contributed by atoms with van der Waals surface area (Å²) in [6, 6.07) is 11.9. The molecular formula is C43H51N3O14. The number of hydrogen-bond donors (Lipinski definition) is 3. The Bertz CT molecular complexity index is 2050. The molecule has 4 aliphatic heterocycles. The minimum absolute atomic E-state index is 0.00459. The van der Waals surface area contributed by atoms with E-state index in [4.69, 9.17) is 33.3 Å². The molecule has 3 N–H and O–H groups in total. The molecule has 0 aromatic heterocycles. The number of benzene rings is 2. The van der Waals surface area contributed by atoms with Crippen molar-refractivity contribution < 1.29 is 67.1 Å². The first-order valence-corrected chi connectivity index (χ1v) is 20.0. The van der Waals surface area contributed by atoms with Gasteiger partial charge in [0.15, 0.2) is 6.04 Å². The Morgan fingerprint density at radius 2 is 1.77 bits per heavy atom. The fraction of sp³-hybridized carbons (Fsp3) is 0.535. The molecular weight excluding hydrogens is 782 g/mol. The first-order valence-electron chi connectivity index (χ1n) is 20.0. The van der Waals surface area contributed by atoms with Gasteiger partial charge in [-0.3, -0.25) is 24.0 Å². The molecule has 0 unspecified atom stereocenters. The number of ether oxygens (including phenoxy) is 6. The van der Waals surface area contributed by atoms with Crippen LogP contribution >= 0.6 is 0 Å². The van der Waals surface area contributed by atoms with Crippen molar-refractivity contribution >= 4 is 41.8 Å². The Labute approximate surface area is 346 Å². The summed E-state index contributed by atoms with van der Waals surface area (Å²) in [6.07, 6.45) is -0.946. The van der Waals surface area contributed by atoms with Crippen molar-refractivity contribution in [1.82, 2.24) is 15.7 Å². The largest absolute Gasteiger partial charge is 0.462 e. The number of cyclic esters (lactones) is 1. The number of carbonyl (C=O) groups excluding carboxylic acids is 6. The van der Waals surface area contributed by atoms with Gasteiger partial charge in [0.1, 0.15) is 48.8 Å². The van der Waals surface area contributed by atoms with Crippen molar-refractivity contribution in [2.45, 2.75) is 115 Å². The van der Waals surface area contributed by atoms with Gasteiger partial charge in [0.25, 0.3) is 5.91 Å². The molecule has 1 saturated carbocycles. The van der Waals surface area contributed by atoms with E-state index in [9.17, 15) is 33.9 Å². The molecule has 8 atom stereocenters. The molecule has 4 saturated heterocycles. The Kier molecular flexibility index (Phi) is 12.2. The fourth-order valence-corrected chi connectivity index (χ4v) is 8.39. The lowest BCUT2D eigenvalue weighted by Crippen LogP contribution is -2.69. The number of aliphatic hydroxyl groups excluding tert-OH is 1. The lowest BCUT2D eigenvalue weighted by molar-refractivity contribution is -0.201. The van der Waals surface area contributed by atoms with E-state index in [0.717, 1.165) is 0 Å². The molecule has 17 nitrogen and oxygen atoms in total. The van der Waals surface area contributed by atoms with Crippen LogP contribution in [0.15, 0.2) is 54.6 Å². The standard InChI is InChI=1S/C43H51N3O14/c1-41(2,3)59-31(49)15-13-28(21-47)45-37(50)27-11-7-9-25(17-27)19-44-40(53)43-18-29-32-33(56-23-55-32)35(43)60-46(34(43)38(51)57-29)20-26-10-6-8-24(16-26)12-14-30(48)58-36-39(52)54-22-42(36,4)5/h6-12,14,16-17,28-29,32-36,47H,13,15,18-23H2,1-5H3,(H,44,53)(H,45,50)/t28-,29+,32-,33-,34-,35+,36-,43-/m0/s1. The monoisotopic (exact) mass is 833 g/mol. The lowest BCUT2D eigenvalue weighted by atomic mass is 9.62. The normalized spacial score (nSPS) is 28.4. The number of amides is 2. The number of hydroxylamine groups is 2. The summed E-state index contributed by atoms with van der Waals surface area (Å²) in [4.78, 5) is 85.0. The van der Waals surface area contributed by atoms with Crippen LogP contribution in [0.1, 0.15) is 80.9 Å². The molecule has 5 aliphatic rings. The smallest absolute Gasteiger partial charge is 0.348 e. The van der Waals surface area contributed by atoms with Crippen LogP contribution in [0.5, 0.6) is 0 Å². The fourth-order valence-electron chi connectivity index (χ4n) is 8.39. The predicted octanol–water partition coefficient (Wildman–Crippen LogP) is 2.27. The maximum absolute atomic E-state index is 14.6. The number of nitrogens with zero attached hydrogens (tertiary/aromatic N) is 1. The first-order chi connectivity index (χ1) is 28.5. The number of hydrogen-bond acceptors (Lipinski definition) is 15. The third-order valence-electron chi connectivity index (χ3n) is 11.3. The topological polar surface area (TPSA) is 215 Å². The van der Waals surface area contributed by atoms with Gasteiger partial charge in [-0.2, -0.15) is 5.06 Å². The Morgan fingerprint density at radius 3 is 2.50 bits per heavy atom. The SMILES string of the molecule is CC(C)(C)OC(=O)CC[C@@H](CO)NC(=O)c1cccc(CNC(=O)[C@@]23C[C@H]4OC(=O)[C@@H]2N(Cc2cccc(C=CC(=O)O[C@H]5C(=O)OCC5(C)C)c2)O[C@@H]3[C@H]2OCO[C@H]24)c1. The van der Waals surface area contributed by atoms with Crippen LogP contribution in [0.3, 0.4) is 0 Å². The maximum atomic E-state index is 14.6. The van der Waals surface area contributed by atoms with E-state index in [2.05, 4.69) is 10.6 Å². The van der Waals surface area contributed by atoms with E-state index in [-0.39, 0.29) is 57.9 Å². The van der Waals surface area contributed by atoms with E-state index in [0.29, 0.717) is 16.7 Å². The van der Waals surface area contributed by atoms with Gasteiger partial charge in [0.2, 0.25) is 12.0 Å². The van der Waals surface area contributed by atoms with Crippen LogP contribution < -0.4 is 10.6 Å². The molecule has 17 heteroatoms. The lowest BCUT2D eigenvalue weighted by Gasteiger charge is -2.48. The van der Waals surface area contributed by atoms with Gasteiger partial charge in [-0.15, -0.1) is 0 Å². The number of fused-ring (bicyclic) bond motifs is 4. The van der Waals surface area contributed by atoms with E-state index in [1.54, 1.807) is 83.2 Å². The third-order valence-corrected chi connectivity index (χ3v) is 11.3. The van der Waals surface area contributed by atoms with Gasteiger partial charge in [-0.05, 0) is 62.1 Å². The zero-order valence-corrected chi connectivity index (χ0v) is 34.2. The second kappa shape index (κ2) is 17.0. The van der Waals surface area contributed by atoms with Crippen LogP contribution in [0.25, 0.3) is 6.08 Å². The second-order valence-electron chi connectivity index (χ2n) is 17.5. The summed E-state index contributed by atoms with van der Waals surface area (Å²) < 4.78 is 33.4. The maximum Gasteiger partial charge on any atom is 0.348 e. The average molecular weight is 834 g/mol. The molecule has 5 fully saturated rings. The molecule has 1 aliphatic carbocycles. The van der Waals surface area contributed by atoms with Gasteiger partial charge in [0.05, 0.1) is 19.2 Å². The van der Waals surface area contributed by atoms with E-state index < -0.39 is 94.7 Å². The Morgan fingerprint density at radius 1 is 1.02 bits per heavy atom. The van der Waals surface area contributed by atoms with Crippen molar-refractivity contribution in [3.05, 3.63) is 76.9 Å². The zero-order chi connectivity index (χ0) is 43.0. The number of carbonyl (C=O) groups is 6. The van der Waals surface area contributed by atoms with Crippen LogP contribution in [0.4, 0.5) is 0 Å². The number of nitrogens with one attached hydrogen (secondary N) is 2.